The normalized spacial score (nSPS) is 27.2. The molecule has 12 heavy (non-hydrogen) atoms. The van der Waals surface area contributed by atoms with E-state index >= 15 is 0 Å². The summed E-state index contributed by atoms with van der Waals surface area (Å²) in [6, 6.07) is 0. The Balaban J connectivity index is 2.01. The number of rotatable bonds is 1. The minimum absolute atomic E-state index is 0.736. The lowest BCUT2D eigenvalue weighted by molar-refractivity contribution is 0.260. The van der Waals surface area contributed by atoms with Crippen LogP contribution in [0.4, 0.5) is 0 Å². The van der Waals surface area contributed by atoms with Crippen molar-refractivity contribution in [2.24, 2.45) is 5.41 Å². The second kappa shape index (κ2) is 3.12. The third-order valence-electron chi connectivity index (χ3n) is 3.69. The zero-order valence-corrected chi connectivity index (χ0v) is 8.03. The standard InChI is InChI=1S/C11H19N/c1-12-10-4-8-11(9-5-10)6-2-3-7-11/h4,12H,2-3,5-9H2,1H3. The fourth-order valence-corrected chi connectivity index (χ4v) is 2.75. The van der Waals surface area contributed by atoms with E-state index in [1.165, 1.54) is 50.6 Å². The second-order valence-corrected chi connectivity index (χ2v) is 4.39. The summed E-state index contributed by atoms with van der Waals surface area (Å²) in [7, 11) is 2.04. The van der Waals surface area contributed by atoms with Gasteiger partial charge < -0.3 is 5.32 Å². The Morgan fingerprint density at radius 2 is 2.00 bits per heavy atom. The van der Waals surface area contributed by atoms with Gasteiger partial charge >= 0.3 is 0 Å². The SMILES string of the molecule is CNC1=CCC2(CCCC2)CC1. The first-order valence-electron chi connectivity index (χ1n) is 5.21. The van der Waals surface area contributed by atoms with Crippen LogP contribution in [0.3, 0.4) is 0 Å². The van der Waals surface area contributed by atoms with Gasteiger partial charge in [-0.25, -0.2) is 0 Å². The molecular formula is C11H19N. The van der Waals surface area contributed by atoms with Crippen molar-refractivity contribution >= 4 is 0 Å². The van der Waals surface area contributed by atoms with Crippen molar-refractivity contribution in [1.29, 1.82) is 0 Å². The number of hydrogen-bond acceptors (Lipinski definition) is 1. The Bertz CT molecular complexity index is 187. The van der Waals surface area contributed by atoms with Gasteiger partial charge in [0.05, 0.1) is 0 Å². The van der Waals surface area contributed by atoms with Gasteiger partial charge in [-0.05, 0) is 37.5 Å². The van der Waals surface area contributed by atoms with Crippen LogP contribution in [0.25, 0.3) is 0 Å². The monoisotopic (exact) mass is 165 g/mol. The third kappa shape index (κ3) is 1.37. The summed E-state index contributed by atoms with van der Waals surface area (Å²) >= 11 is 0. The molecule has 1 fully saturated rings. The summed E-state index contributed by atoms with van der Waals surface area (Å²) in [5.41, 5.74) is 2.20. The molecule has 1 heteroatoms. The molecule has 1 saturated carbocycles. The maximum atomic E-state index is 3.27. The van der Waals surface area contributed by atoms with Gasteiger partial charge in [-0.1, -0.05) is 18.9 Å². The Morgan fingerprint density at radius 1 is 1.25 bits per heavy atom. The molecule has 2 rings (SSSR count). The summed E-state index contributed by atoms with van der Waals surface area (Å²) in [5, 5.41) is 3.27. The topological polar surface area (TPSA) is 12.0 Å². The highest BCUT2D eigenvalue weighted by Crippen LogP contribution is 2.47. The number of allylic oxidation sites excluding steroid dienone is 2. The highest BCUT2D eigenvalue weighted by Gasteiger charge is 2.34. The van der Waals surface area contributed by atoms with Crippen LogP contribution in [-0.4, -0.2) is 7.05 Å². The van der Waals surface area contributed by atoms with Gasteiger partial charge in [0.2, 0.25) is 0 Å². The third-order valence-corrected chi connectivity index (χ3v) is 3.69. The highest BCUT2D eigenvalue weighted by atomic mass is 14.8. The van der Waals surface area contributed by atoms with E-state index in [0.29, 0.717) is 0 Å². The molecule has 0 aromatic rings. The first kappa shape index (κ1) is 8.15. The summed E-state index contributed by atoms with van der Waals surface area (Å²) in [5.74, 6) is 0. The molecule has 2 aliphatic carbocycles. The molecule has 0 radical (unpaired) electrons. The maximum absolute atomic E-state index is 3.27. The molecule has 0 aromatic heterocycles. The molecule has 0 amide bonds. The van der Waals surface area contributed by atoms with Crippen LogP contribution in [0.15, 0.2) is 11.8 Å². The van der Waals surface area contributed by atoms with E-state index in [2.05, 4.69) is 11.4 Å². The largest absolute Gasteiger partial charge is 0.392 e. The van der Waals surface area contributed by atoms with Crippen LogP contribution in [0.1, 0.15) is 44.9 Å². The van der Waals surface area contributed by atoms with E-state index in [-0.39, 0.29) is 0 Å². The number of nitrogens with one attached hydrogen (secondary N) is 1. The predicted molar refractivity (Wildman–Crippen MR) is 51.9 cm³/mol. The average molecular weight is 165 g/mol. The van der Waals surface area contributed by atoms with Crippen LogP contribution in [-0.2, 0) is 0 Å². The van der Waals surface area contributed by atoms with Crippen molar-refractivity contribution in [1.82, 2.24) is 5.32 Å². The van der Waals surface area contributed by atoms with Crippen LogP contribution >= 0.6 is 0 Å². The van der Waals surface area contributed by atoms with E-state index in [9.17, 15) is 0 Å². The van der Waals surface area contributed by atoms with Crippen molar-refractivity contribution in [3.05, 3.63) is 11.8 Å². The quantitative estimate of drug-likeness (QED) is 0.630. The molecule has 2 aliphatic rings. The minimum Gasteiger partial charge on any atom is -0.392 e. The fourth-order valence-electron chi connectivity index (χ4n) is 2.75. The summed E-state index contributed by atoms with van der Waals surface area (Å²) < 4.78 is 0. The molecule has 0 unspecified atom stereocenters. The molecule has 0 bridgehead atoms. The number of hydrogen-bond donors (Lipinski definition) is 1. The first-order chi connectivity index (χ1) is 5.85. The zero-order valence-electron chi connectivity index (χ0n) is 8.03. The van der Waals surface area contributed by atoms with E-state index < -0.39 is 0 Å². The Kier molecular flexibility index (Phi) is 2.12. The van der Waals surface area contributed by atoms with Crippen LogP contribution in [0.5, 0.6) is 0 Å². The molecule has 0 saturated heterocycles. The van der Waals surface area contributed by atoms with Gasteiger partial charge in [-0.15, -0.1) is 0 Å². The Hall–Kier alpha value is -0.460. The average Bonchev–Trinajstić information content (AvgIpc) is 2.55. The van der Waals surface area contributed by atoms with Crippen molar-refractivity contribution < 1.29 is 0 Å². The molecule has 1 N–H and O–H groups in total. The van der Waals surface area contributed by atoms with Crippen molar-refractivity contribution in [2.75, 3.05) is 7.05 Å². The van der Waals surface area contributed by atoms with Gasteiger partial charge in [-0.3, -0.25) is 0 Å². The zero-order chi connectivity index (χ0) is 8.44. The molecule has 1 nitrogen and oxygen atoms in total. The molecule has 1 spiro atoms. The van der Waals surface area contributed by atoms with E-state index in [1.54, 1.807) is 0 Å². The predicted octanol–water partition coefficient (Wildman–Crippen LogP) is 2.83. The van der Waals surface area contributed by atoms with Gasteiger partial charge in [-0.2, -0.15) is 0 Å². The second-order valence-electron chi connectivity index (χ2n) is 4.39. The van der Waals surface area contributed by atoms with Gasteiger partial charge in [0, 0.05) is 12.7 Å². The maximum Gasteiger partial charge on any atom is 0.00639 e. The summed E-state index contributed by atoms with van der Waals surface area (Å²) in [4.78, 5) is 0. The molecule has 0 aliphatic heterocycles. The van der Waals surface area contributed by atoms with Gasteiger partial charge in [0.25, 0.3) is 0 Å². The van der Waals surface area contributed by atoms with Crippen molar-refractivity contribution in [2.45, 2.75) is 44.9 Å². The lowest BCUT2D eigenvalue weighted by Gasteiger charge is -2.32. The molecular weight excluding hydrogens is 146 g/mol. The lowest BCUT2D eigenvalue weighted by atomic mass is 9.75. The molecule has 0 aromatic carbocycles. The van der Waals surface area contributed by atoms with Crippen LogP contribution < -0.4 is 5.32 Å². The smallest absolute Gasteiger partial charge is 0.00639 e. The summed E-state index contributed by atoms with van der Waals surface area (Å²) in [6.07, 6.45) is 12.4. The van der Waals surface area contributed by atoms with E-state index in [4.69, 9.17) is 0 Å². The highest BCUT2D eigenvalue weighted by molar-refractivity contribution is 5.08. The van der Waals surface area contributed by atoms with Gasteiger partial charge in [0.1, 0.15) is 0 Å². The molecule has 0 heterocycles. The van der Waals surface area contributed by atoms with E-state index in [0.717, 1.165) is 5.41 Å². The Morgan fingerprint density at radius 3 is 2.50 bits per heavy atom. The molecule has 68 valence electrons. The van der Waals surface area contributed by atoms with Crippen LogP contribution in [0.2, 0.25) is 0 Å². The van der Waals surface area contributed by atoms with Crippen molar-refractivity contribution in [3.8, 4) is 0 Å². The minimum atomic E-state index is 0.736. The Labute approximate surface area is 75.2 Å². The van der Waals surface area contributed by atoms with Crippen LogP contribution in [0, 0.1) is 5.41 Å². The lowest BCUT2D eigenvalue weighted by Crippen LogP contribution is -2.22. The summed E-state index contributed by atoms with van der Waals surface area (Å²) in [6.45, 7) is 0. The first-order valence-corrected chi connectivity index (χ1v) is 5.21. The fraction of sp³-hybridized carbons (Fsp3) is 0.818. The van der Waals surface area contributed by atoms with E-state index in [1.807, 2.05) is 7.05 Å². The van der Waals surface area contributed by atoms with Crippen molar-refractivity contribution in [3.63, 3.8) is 0 Å². The van der Waals surface area contributed by atoms with Gasteiger partial charge in [0.15, 0.2) is 0 Å². The molecule has 0 atom stereocenters.